The van der Waals surface area contributed by atoms with Crippen LogP contribution in [0.25, 0.3) is 0 Å². The maximum absolute atomic E-state index is 9.74. The fourth-order valence-corrected chi connectivity index (χ4v) is 2.32. The summed E-state index contributed by atoms with van der Waals surface area (Å²) in [5, 5.41) is 9.74. The Morgan fingerprint density at radius 3 is 2.53 bits per heavy atom. The highest BCUT2D eigenvalue weighted by Gasteiger charge is 2.26. The van der Waals surface area contributed by atoms with Gasteiger partial charge in [-0.2, -0.15) is 0 Å². The van der Waals surface area contributed by atoms with E-state index in [4.69, 9.17) is 0 Å². The first-order valence-corrected chi connectivity index (χ1v) is 6.32. The van der Waals surface area contributed by atoms with E-state index in [2.05, 4.69) is 25.7 Å². The smallest absolute Gasteiger partial charge is 0.0667 e. The maximum Gasteiger partial charge on any atom is 0.0667 e. The highest BCUT2D eigenvalue weighted by atomic mass is 16.3. The van der Waals surface area contributed by atoms with E-state index < -0.39 is 0 Å². The fourth-order valence-electron chi connectivity index (χ4n) is 2.32. The second kappa shape index (κ2) is 5.31. The Labute approximate surface area is 94.7 Å². The number of aliphatic hydroxyl groups excluding tert-OH is 1. The van der Waals surface area contributed by atoms with E-state index in [0.717, 1.165) is 6.54 Å². The number of piperidine rings is 1. The zero-order chi connectivity index (χ0) is 11.5. The van der Waals surface area contributed by atoms with Gasteiger partial charge in [0, 0.05) is 6.04 Å². The summed E-state index contributed by atoms with van der Waals surface area (Å²) in [5.41, 5.74) is 0.403. The standard InChI is InChI=1S/C13H27NO/c1-11(15)12-7-5-6-9-14(12)10-8-13(2,3)4/h11-12,15H,5-10H2,1-4H3. The number of hydrogen-bond donors (Lipinski definition) is 1. The van der Waals surface area contributed by atoms with Gasteiger partial charge in [-0.15, -0.1) is 0 Å². The van der Waals surface area contributed by atoms with Gasteiger partial charge in [0.15, 0.2) is 0 Å². The molecule has 2 unspecified atom stereocenters. The van der Waals surface area contributed by atoms with Crippen molar-refractivity contribution >= 4 is 0 Å². The van der Waals surface area contributed by atoms with Crippen LogP contribution < -0.4 is 0 Å². The van der Waals surface area contributed by atoms with Gasteiger partial charge in [0.05, 0.1) is 6.10 Å². The summed E-state index contributed by atoms with van der Waals surface area (Å²) in [6.45, 7) is 11.1. The Morgan fingerprint density at radius 1 is 1.33 bits per heavy atom. The molecule has 0 spiro atoms. The predicted molar refractivity (Wildman–Crippen MR) is 65.0 cm³/mol. The van der Waals surface area contributed by atoms with Crippen molar-refractivity contribution in [3.05, 3.63) is 0 Å². The van der Waals surface area contributed by atoms with Crippen LogP contribution in [0.3, 0.4) is 0 Å². The molecule has 0 aromatic heterocycles. The van der Waals surface area contributed by atoms with Gasteiger partial charge in [0.1, 0.15) is 0 Å². The monoisotopic (exact) mass is 213 g/mol. The minimum absolute atomic E-state index is 0.176. The lowest BCUT2D eigenvalue weighted by molar-refractivity contribution is 0.0307. The largest absolute Gasteiger partial charge is 0.392 e. The SMILES string of the molecule is CC(O)C1CCCCN1CCC(C)(C)C. The van der Waals surface area contributed by atoms with E-state index in [1.807, 2.05) is 6.92 Å². The normalized spacial score (nSPS) is 26.6. The average molecular weight is 213 g/mol. The molecule has 90 valence electrons. The summed E-state index contributed by atoms with van der Waals surface area (Å²) < 4.78 is 0. The summed E-state index contributed by atoms with van der Waals surface area (Å²) in [7, 11) is 0. The number of aliphatic hydroxyl groups is 1. The molecule has 1 heterocycles. The molecule has 1 N–H and O–H groups in total. The van der Waals surface area contributed by atoms with Crippen LogP contribution in [-0.4, -0.2) is 35.2 Å². The third kappa shape index (κ3) is 4.52. The lowest BCUT2D eigenvalue weighted by Crippen LogP contribution is -2.46. The van der Waals surface area contributed by atoms with E-state index in [1.54, 1.807) is 0 Å². The number of hydrogen-bond acceptors (Lipinski definition) is 2. The first kappa shape index (κ1) is 13.0. The second-order valence-electron chi connectivity index (χ2n) is 6.15. The molecule has 0 aromatic rings. The molecular weight excluding hydrogens is 186 g/mol. The van der Waals surface area contributed by atoms with Crippen LogP contribution in [-0.2, 0) is 0 Å². The molecule has 2 nitrogen and oxygen atoms in total. The third-order valence-electron chi connectivity index (χ3n) is 3.37. The Balaban J connectivity index is 2.43. The van der Waals surface area contributed by atoms with Gasteiger partial charge < -0.3 is 5.11 Å². The van der Waals surface area contributed by atoms with Crippen LogP contribution in [0.15, 0.2) is 0 Å². The Morgan fingerprint density at radius 2 is 2.00 bits per heavy atom. The lowest BCUT2D eigenvalue weighted by Gasteiger charge is -2.38. The predicted octanol–water partition coefficient (Wildman–Crippen LogP) is 2.66. The molecule has 0 aliphatic carbocycles. The van der Waals surface area contributed by atoms with Crippen molar-refractivity contribution in [2.75, 3.05) is 13.1 Å². The highest BCUT2D eigenvalue weighted by Crippen LogP contribution is 2.24. The molecule has 1 aliphatic rings. The Hall–Kier alpha value is -0.0800. The van der Waals surface area contributed by atoms with Crippen LogP contribution in [0.4, 0.5) is 0 Å². The molecular formula is C13H27NO. The van der Waals surface area contributed by atoms with Gasteiger partial charge in [-0.1, -0.05) is 27.2 Å². The Bertz CT molecular complexity index is 183. The topological polar surface area (TPSA) is 23.5 Å². The third-order valence-corrected chi connectivity index (χ3v) is 3.37. The van der Waals surface area contributed by atoms with E-state index in [-0.39, 0.29) is 6.10 Å². The van der Waals surface area contributed by atoms with Crippen LogP contribution in [0, 0.1) is 5.41 Å². The first-order valence-electron chi connectivity index (χ1n) is 6.32. The van der Waals surface area contributed by atoms with Gasteiger partial charge in [-0.05, 0) is 44.7 Å². The molecule has 0 amide bonds. The van der Waals surface area contributed by atoms with E-state index in [0.29, 0.717) is 11.5 Å². The van der Waals surface area contributed by atoms with Crippen LogP contribution >= 0.6 is 0 Å². The van der Waals surface area contributed by atoms with Crippen LogP contribution in [0.2, 0.25) is 0 Å². The molecule has 1 aliphatic heterocycles. The van der Waals surface area contributed by atoms with Crippen molar-refractivity contribution in [2.24, 2.45) is 5.41 Å². The minimum atomic E-state index is -0.176. The molecule has 1 rings (SSSR count). The molecule has 1 fully saturated rings. The van der Waals surface area contributed by atoms with Crippen LogP contribution in [0.1, 0.15) is 53.4 Å². The van der Waals surface area contributed by atoms with Crippen LogP contribution in [0.5, 0.6) is 0 Å². The summed E-state index contributed by atoms with van der Waals surface area (Å²) in [6, 6.07) is 0.404. The summed E-state index contributed by atoms with van der Waals surface area (Å²) >= 11 is 0. The highest BCUT2D eigenvalue weighted by molar-refractivity contribution is 4.81. The zero-order valence-electron chi connectivity index (χ0n) is 10.8. The molecule has 15 heavy (non-hydrogen) atoms. The molecule has 0 radical (unpaired) electrons. The number of nitrogens with zero attached hydrogens (tertiary/aromatic N) is 1. The maximum atomic E-state index is 9.74. The van der Waals surface area contributed by atoms with Crippen molar-refractivity contribution in [1.82, 2.24) is 4.90 Å². The fraction of sp³-hybridized carbons (Fsp3) is 1.00. The van der Waals surface area contributed by atoms with Gasteiger partial charge >= 0.3 is 0 Å². The summed E-state index contributed by atoms with van der Waals surface area (Å²) in [4.78, 5) is 2.49. The molecule has 2 heteroatoms. The van der Waals surface area contributed by atoms with Gasteiger partial charge in [0.2, 0.25) is 0 Å². The molecule has 2 atom stereocenters. The number of rotatable bonds is 3. The molecule has 0 bridgehead atoms. The van der Waals surface area contributed by atoms with Crippen molar-refractivity contribution in [1.29, 1.82) is 0 Å². The summed E-state index contributed by atoms with van der Waals surface area (Å²) in [5.74, 6) is 0. The van der Waals surface area contributed by atoms with Crippen molar-refractivity contribution in [3.63, 3.8) is 0 Å². The van der Waals surface area contributed by atoms with Gasteiger partial charge in [0.25, 0.3) is 0 Å². The summed E-state index contributed by atoms with van der Waals surface area (Å²) in [6.07, 6.45) is 4.79. The minimum Gasteiger partial charge on any atom is -0.392 e. The Kier molecular flexibility index (Phi) is 4.60. The average Bonchev–Trinajstić information content (AvgIpc) is 2.14. The van der Waals surface area contributed by atoms with Gasteiger partial charge in [-0.25, -0.2) is 0 Å². The van der Waals surface area contributed by atoms with E-state index in [9.17, 15) is 5.11 Å². The zero-order valence-corrected chi connectivity index (χ0v) is 10.8. The van der Waals surface area contributed by atoms with Crippen molar-refractivity contribution < 1.29 is 5.11 Å². The first-order chi connectivity index (χ1) is 6.90. The molecule has 1 saturated heterocycles. The van der Waals surface area contributed by atoms with E-state index in [1.165, 1.54) is 32.2 Å². The number of likely N-dealkylation sites (tertiary alicyclic amines) is 1. The lowest BCUT2D eigenvalue weighted by atomic mass is 9.90. The molecule has 0 aromatic carbocycles. The van der Waals surface area contributed by atoms with Crippen molar-refractivity contribution in [3.8, 4) is 0 Å². The molecule has 0 saturated carbocycles. The van der Waals surface area contributed by atoms with Gasteiger partial charge in [-0.3, -0.25) is 4.90 Å². The van der Waals surface area contributed by atoms with E-state index >= 15 is 0 Å². The quantitative estimate of drug-likeness (QED) is 0.779. The van der Waals surface area contributed by atoms with Crippen molar-refractivity contribution in [2.45, 2.75) is 65.5 Å². The second-order valence-corrected chi connectivity index (χ2v) is 6.15.